The second kappa shape index (κ2) is 6.99. The molecular formula is C20H25N3O. The van der Waals surface area contributed by atoms with E-state index in [0.717, 1.165) is 38.2 Å². The molecular weight excluding hydrogens is 298 g/mol. The first-order chi connectivity index (χ1) is 11.8. The van der Waals surface area contributed by atoms with E-state index in [2.05, 4.69) is 46.1 Å². The molecule has 0 aliphatic carbocycles. The minimum atomic E-state index is 0.145. The molecule has 2 aromatic rings. The summed E-state index contributed by atoms with van der Waals surface area (Å²) in [6, 6.07) is 11.0. The predicted octanol–water partition coefficient (Wildman–Crippen LogP) is 3.39. The van der Waals surface area contributed by atoms with E-state index in [9.17, 15) is 0 Å². The van der Waals surface area contributed by atoms with Crippen LogP contribution in [0.4, 0.5) is 0 Å². The fraction of sp³-hybridized carbons (Fsp3) is 0.500. The molecule has 0 unspecified atom stereocenters. The van der Waals surface area contributed by atoms with E-state index in [1.54, 1.807) is 12.5 Å². The molecule has 4 heteroatoms. The quantitative estimate of drug-likeness (QED) is 0.864. The predicted molar refractivity (Wildman–Crippen MR) is 93.5 cm³/mol. The average molecular weight is 323 g/mol. The molecule has 2 saturated heterocycles. The maximum Gasteiger partial charge on any atom is 0.115 e. The third-order valence-electron chi connectivity index (χ3n) is 5.41. The van der Waals surface area contributed by atoms with Gasteiger partial charge in [-0.15, -0.1) is 0 Å². The molecule has 1 aromatic heterocycles. The van der Waals surface area contributed by atoms with Crippen LogP contribution in [0.15, 0.2) is 42.9 Å². The number of benzene rings is 1. The minimum absolute atomic E-state index is 0.145. The molecule has 0 amide bonds. The molecule has 4 nitrogen and oxygen atoms in total. The van der Waals surface area contributed by atoms with Gasteiger partial charge in [0.15, 0.2) is 0 Å². The summed E-state index contributed by atoms with van der Waals surface area (Å²) in [5, 5.41) is 0. The van der Waals surface area contributed by atoms with E-state index in [1.807, 2.05) is 6.07 Å². The monoisotopic (exact) mass is 323 g/mol. The van der Waals surface area contributed by atoms with E-state index in [-0.39, 0.29) is 6.10 Å². The van der Waals surface area contributed by atoms with E-state index in [4.69, 9.17) is 4.74 Å². The molecule has 2 aliphatic rings. The second-order valence-corrected chi connectivity index (χ2v) is 6.99. The number of rotatable bonds is 4. The van der Waals surface area contributed by atoms with Crippen molar-refractivity contribution < 1.29 is 4.74 Å². The van der Waals surface area contributed by atoms with E-state index in [0.29, 0.717) is 12.0 Å². The Kier molecular flexibility index (Phi) is 4.58. The number of fused-ring (bicyclic) bond motifs is 1. The van der Waals surface area contributed by atoms with Crippen LogP contribution >= 0.6 is 0 Å². The molecule has 0 radical (unpaired) electrons. The van der Waals surface area contributed by atoms with Crippen molar-refractivity contribution in [3.63, 3.8) is 0 Å². The van der Waals surface area contributed by atoms with Crippen LogP contribution in [0.3, 0.4) is 0 Å². The van der Waals surface area contributed by atoms with Gasteiger partial charge in [-0.2, -0.15) is 0 Å². The summed E-state index contributed by atoms with van der Waals surface area (Å²) in [7, 11) is 0. The first-order valence-electron chi connectivity index (χ1n) is 9.03. The summed E-state index contributed by atoms with van der Waals surface area (Å²) in [4.78, 5) is 10.9. The van der Waals surface area contributed by atoms with Gasteiger partial charge in [-0.3, -0.25) is 4.90 Å². The highest BCUT2D eigenvalue weighted by Crippen LogP contribution is 2.40. The first kappa shape index (κ1) is 15.7. The summed E-state index contributed by atoms with van der Waals surface area (Å²) >= 11 is 0. The summed E-state index contributed by atoms with van der Waals surface area (Å²) in [5.41, 5.74) is 3.83. The van der Waals surface area contributed by atoms with Gasteiger partial charge in [0.05, 0.1) is 11.8 Å². The van der Waals surface area contributed by atoms with Gasteiger partial charge >= 0.3 is 0 Å². The lowest BCUT2D eigenvalue weighted by molar-refractivity contribution is -0.0106. The average Bonchev–Trinajstić information content (AvgIpc) is 3.06. The smallest absolute Gasteiger partial charge is 0.115 e. The van der Waals surface area contributed by atoms with Gasteiger partial charge < -0.3 is 4.74 Å². The normalized spacial score (nSPS) is 27.1. The van der Waals surface area contributed by atoms with Crippen LogP contribution in [0.1, 0.15) is 42.7 Å². The zero-order valence-corrected chi connectivity index (χ0v) is 14.3. The van der Waals surface area contributed by atoms with Crippen LogP contribution in [-0.4, -0.2) is 34.1 Å². The third kappa shape index (κ3) is 3.35. The maximum atomic E-state index is 6.32. The summed E-state index contributed by atoms with van der Waals surface area (Å²) < 4.78 is 6.32. The van der Waals surface area contributed by atoms with Crippen molar-refractivity contribution in [1.29, 1.82) is 0 Å². The molecule has 0 spiro atoms. The van der Waals surface area contributed by atoms with Crippen molar-refractivity contribution in [3.8, 4) is 0 Å². The standard InChI is InChI=1S/C20H25N3O/c1-2-15-3-5-16(6-4-15)12-23-10-8-17-11-19(24-20(17)13-23)18-7-9-21-14-22-18/h3-7,9,14,17,19-20H,2,8,10-13H2,1H3/t17-,19-,20+/m0/s1. The van der Waals surface area contributed by atoms with Crippen LogP contribution < -0.4 is 0 Å². The van der Waals surface area contributed by atoms with Gasteiger partial charge in [0.1, 0.15) is 12.4 Å². The fourth-order valence-electron chi connectivity index (χ4n) is 3.96. The Balaban J connectivity index is 1.37. The molecule has 0 saturated carbocycles. The minimum Gasteiger partial charge on any atom is -0.367 e. The van der Waals surface area contributed by atoms with Gasteiger partial charge in [-0.05, 0) is 48.9 Å². The SMILES string of the molecule is CCc1ccc(CN2CC[C@H]3C[C@@H](c4ccncn4)O[C@@H]3C2)cc1. The lowest BCUT2D eigenvalue weighted by atomic mass is 9.91. The zero-order chi connectivity index (χ0) is 16.4. The van der Waals surface area contributed by atoms with E-state index in [1.165, 1.54) is 17.5 Å². The molecule has 3 atom stereocenters. The van der Waals surface area contributed by atoms with Crippen molar-refractivity contribution in [2.75, 3.05) is 13.1 Å². The van der Waals surface area contributed by atoms with Crippen LogP contribution in [0.25, 0.3) is 0 Å². The van der Waals surface area contributed by atoms with Crippen molar-refractivity contribution in [2.45, 2.75) is 44.9 Å². The van der Waals surface area contributed by atoms with Gasteiger partial charge in [-0.25, -0.2) is 9.97 Å². The second-order valence-electron chi connectivity index (χ2n) is 6.99. The first-order valence-corrected chi connectivity index (χ1v) is 9.03. The number of nitrogens with zero attached hydrogens (tertiary/aromatic N) is 3. The van der Waals surface area contributed by atoms with Crippen LogP contribution in [0, 0.1) is 5.92 Å². The lowest BCUT2D eigenvalue weighted by Gasteiger charge is -2.34. The number of hydrogen-bond acceptors (Lipinski definition) is 4. The number of hydrogen-bond donors (Lipinski definition) is 0. The van der Waals surface area contributed by atoms with Gasteiger partial charge in [-0.1, -0.05) is 31.2 Å². The zero-order valence-electron chi connectivity index (χ0n) is 14.3. The topological polar surface area (TPSA) is 38.2 Å². The Morgan fingerprint density at radius 1 is 1.17 bits per heavy atom. The maximum absolute atomic E-state index is 6.32. The van der Waals surface area contributed by atoms with Gasteiger partial charge in [0, 0.05) is 19.3 Å². The Morgan fingerprint density at radius 3 is 2.75 bits per heavy atom. The van der Waals surface area contributed by atoms with Crippen molar-refractivity contribution in [1.82, 2.24) is 14.9 Å². The summed E-state index contributed by atoms with van der Waals surface area (Å²) in [6.45, 7) is 5.42. The molecule has 126 valence electrons. The largest absolute Gasteiger partial charge is 0.367 e. The highest BCUT2D eigenvalue weighted by atomic mass is 16.5. The number of likely N-dealkylation sites (tertiary alicyclic amines) is 1. The Hall–Kier alpha value is -1.78. The molecule has 4 rings (SSSR count). The van der Waals surface area contributed by atoms with Crippen LogP contribution in [0.5, 0.6) is 0 Å². The molecule has 0 bridgehead atoms. The number of piperidine rings is 1. The molecule has 24 heavy (non-hydrogen) atoms. The highest BCUT2D eigenvalue weighted by Gasteiger charge is 2.39. The number of aromatic nitrogens is 2. The molecule has 2 aliphatic heterocycles. The molecule has 2 fully saturated rings. The Morgan fingerprint density at radius 2 is 2.00 bits per heavy atom. The van der Waals surface area contributed by atoms with E-state index < -0.39 is 0 Å². The van der Waals surface area contributed by atoms with Gasteiger partial charge in [0.2, 0.25) is 0 Å². The Bertz CT molecular complexity index is 658. The van der Waals surface area contributed by atoms with Crippen molar-refractivity contribution in [2.24, 2.45) is 5.92 Å². The molecule has 0 N–H and O–H groups in total. The van der Waals surface area contributed by atoms with Crippen molar-refractivity contribution in [3.05, 3.63) is 59.7 Å². The third-order valence-corrected chi connectivity index (χ3v) is 5.41. The summed E-state index contributed by atoms with van der Waals surface area (Å²) in [5.74, 6) is 0.670. The summed E-state index contributed by atoms with van der Waals surface area (Å²) in [6.07, 6.45) is 7.33. The van der Waals surface area contributed by atoms with Crippen LogP contribution in [0.2, 0.25) is 0 Å². The van der Waals surface area contributed by atoms with E-state index >= 15 is 0 Å². The molecule has 3 heterocycles. The number of ether oxygens (including phenoxy) is 1. The Labute approximate surface area is 143 Å². The highest BCUT2D eigenvalue weighted by molar-refractivity contribution is 5.22. The van der Waals surface area contributed by atoms with Gasteiger partial charge in [0.25, 0.3) is 0 Å². The van der Waals surface area contributed by atoms with Crippen LogP contribution in [-0.2, 0) is 17.7 Å². The fourth-order valence-corrected chi connectivity index (χ4v) is 3.96. The molecule has 1 aromatic carbocycles. The van der Waals surface area contributed by atoms with Crippen molar-refractivity contribution >= 4 is 0 Å². The lowest BCUT2D eigenvalue weighted by Crippen LogP contribution is -2.41. The number of aryl methyl sites for hydroxylation is 1.